The van der Waals surface area contributed by atoms with Crippen molar-refractivity contribution in [1.29, 1.82) is 0 Å². The number of aromatic nitrogens is 2. The van der Waals surface area contributed by atoms with Crippen molar-refractivity contribution >= 4 is 17.2 Å². The smallest absolute Gasteiger partial charge is 0.129 e. The second-order valence-corrected chi connectivity index (χ2v) is 11.3. The molecular weight excluding hydrogens is 774 g/mol. The van der Waals surface area contributed by atoms with Crippen LogP contribution in [0.25, 0.3) is 16.8 Å². The minimum Gasteiger partial charge on any atom is -0.509 e. The summed E-state index contributed by atoms with van der Waals surface area (Å²) in [6.45, 7) is 1.97. The van der Waals surface area contributed by atoms with Gasteiger partial charge in [-0.05, 0) is 29.8 Å². The monoisotopic (exact) mass is 803 g/mol. The largest absolute Gasteiger partial charge is 0.509 e. The zero-order chi connectivity index (χ0) is 31.4. The summed E-state index contributed by atoms with van der Waals surface area (Å²) in [5.41, 5.74) is 6.87. The quantitative estimate of drug-likeness (QED) is 0.144. The molecule has 0 spiro atoms. The third-order valence-electron chi connectivity index (χ3n) is 8.10. The van der Waals surface area contributed by atoms with E-state index in [0.717, 1.165) is 51.7 Å². The first-order chi connectivity index (χ1) is 23.3. The zero-order valence-electron chi connectivity index (χ0n) is 25.8. The molecule has 7 heteroatoms. The first-order valence-corrected chi connectivity index (χ1v) is 15.6. The minimum atomic E-state index is 0. The van der Waals surface area contributed by atoms with Gasteiger partial charge in [0.2, 0.25) is 0 Å². The normalized spacial score (nSPS) is 15.2. The number of para-hydroxylation sites is 1. The Hall–Kier alpha value is -5.45. The van der Waals surface area contributed by atoms with Gasteiger partial charge in [-0.2, -0.15) is 22.3 Å². The van der Waals surface area contributed by atoms with Crippen molar-refractivity contribution in [3.63, 3.8) is 0 Å². The number of hydrogen-bond acceptors (Lipinski definition) is 5. The van der Waals surface area contributed by atoms with Crippen LogP contribution in [-0.4, -0.2) is 15.6 Å². The molecule has 48 heavy (non-hydrogen) atoms. The Kier molecular flexibility index (Phi) is 9.17. The van der Waals surface area contributed by atoms with Gasteiger partial charge in [0.25, 0.3) is 0 Å². The Morgan fingerprint density at radius 1 is 0.688 bits per heavy atom. The Morgan fingerprint density at radius 2 is 1.33 bits per heavy atom. The summed E-state index contributed by atoms with van der Waals surface area (Å²) in [4.78, 5) is 2.08. The fraction of sp³-hybridized carbons (Fsp3) is 0.0488. The standard InChI is InChI=1S/C41H30N5O.Pt/c1-5-15-31(16-6-1)39-29-45(42-40(39)32-17-7-2-8-18-32)35-23-13-25-37(27-35)47-38-26-14-24-36(28-38)46-30-44(34-21-11-4-12-22-34)41(43-46)33-19-9-3-10-20-33;/h1-17,19-26,29-30,32H,18H2;/q-3;/t32-;/m1./s1. The topological polar surface area (TPSA) is 45.9 Å². The molecule has 0 radical (unpaired) electrons. The van der Waals surface area contributed by atoms with Crippen LogP contribution in [-0.2, 0) is 21.1 Å². The maximum absolute atomic E-state index is 6.33. The second kappa shape index (κ2) is 14.1. The van der Waals surface area contributed by atoms with Crippen molar-refractivity contribution in [3.8, 4) is 28.3 Å². The van der Waals surface area contributed by atoms with Gasteiger partial charge >= 0.3 is 0 Å². The third kappa shape index (κ3) is 6.53. The molecule has 0 fully saturated rings. The number of nitrogens with zero attached hydrogens (tertiary/aromatic N) is 5. The predicted octanol–water partition coefficient (Wildman–Crippen LogP) is 9.34. The van der Waals surface area contributed by atoms with Gasteiger partial charge in [0.05, 0.1) is 5.69 Å². The summed E-state index contributed by atoms with van der Waals surface area (Å²) in [5.74, 6) is 2.16. The molecule has 0 unspecified atom stereocenters. The van der Waals surface area contributed by atoms with Crippen LogP contribution in [0.15, 0.2) is 163 Å². The van der Waals surface area contributed by atoms with Crippen LogP contribution in [0.2, 0.25) is 0 Å². The van der Waals surface area contributed by atoms with Crippen LogP contribution in [0.4, 0.5) is 11.4 Å². The number of ether oxygens (including phenoxy) is 1. The van der Waals surface area contributed by atoms with Crippen molar-refractivity contribution in [2.45, 2.75) is 12.3 Å². The average Bonchev–Trinajstić information content (AvgIpc) is 3.80. The van der Waals surface area contributed by atoms with E-state index in [2.05, 4.69) is 96.1 Å². The maximum atomic E-state index is 6.33. The van der Waals surface area contributed by atoms with E-state index < -0.39 is 0 Å². The van der Waals surface area contributed by atoms with E-state index in [-0.39, 0.29) is 27.0 Å². The SMILES string of the molecule is [Pt].[c-]1c(Oc2[c-]c(-n3cc(-c4ccccc4)c([C@@H]4C=CC=CC4)n3)ccc2)cccc1N1[CH-]N(c2ccccc2)C(c2ccccc2)=N1. The van der Waals surface area contributed by atoms with E-state index in [1.165, 1.54) is 0 Å². The number of rotatable bonds is 8. The van der Waals surface area contributed by atoms with Gasteiger partial charge in [0, 0.05) is 61.5 Å². The molecule has 0 saturated carbocycles. The van der Waals surface area contributed by atoms with E-state index in [1.807, 2.05) is 95.2 Å². The Bertz CT molecular complexity index is 2090. The van der Waals surface area contributed by atoms with Crippen LogP contribution >= 0.6 is 0 Å². The predicted molar refractivity (Wildman–Crippen MR) is 188 cm³/mol. The first kappa shape index (κ1) is 31.2. The molecule has 6 nitrogen and oxygen atoms in total. The Labute approximate surface area is 295 Å². The summed E-state index contributed by atoms with van der Waals surface area (Å²) in [6.07, 6.45) is 11.6. The number of amidine groups is 1. The van der Waals surface area contributed by atoms with Crippen LogP contribution in [0.5, 0.6) is 11.5 Å². The van der Waals surface area contributed by atoms with Gasteiger partial charge in [0.15, 0.2) is 0 Å². The molecular formula is C41H30N5OPt-3. The molecule has 0 N–H and O–H groups in total. The zero-order valence-corrected chi connectivity index (χ0v) is 28.1. The summed E-state index contributed by atoms with van der Waals surface area (Å²) < 4.78 is 8.22. The number of benzene rings is 5. The van der Waals surface area contributed by atoms with Crippen LogP contribution < -0.4 is 14.6 Å². The molecule has 238 valence electrons. The second-order valence-electron chi connectivity index (χ2n) is 11.3. The number of allylic oxidation sites excluding steroid dienone is 4. The van der Waals surface area contributed by atoms with Gasteiger partial charge in [-0.15, -0.1) is 43.1 Å². The Morgan fingerprint density at radius 3 is 2.02 bits per heavy atom. The van der Waals surface area contributed by atoms with Gasteiger partial charge in [-0.25, -0.2) is 0 Å². The molecule has 5 aromatic carbocycles. The summed E-state index contributed by atoms with van der Waals surface area (Å²) in [6, 6.07) is 49.2. The average molecular weight is 804 g/mol. The molecule has 8 rings (SSSR count). The van der Waals surface area contributed by atoms with Crippen molar-refractivity contribution in [2.24, 2.45) is 5.10 Å². The summed E-state index contributed by atoms with van der Waals surface area (Å²) in [5, 5.41) is 11.9. The van der Waals surface area contributed by atoms with E-state index in [0.29, 0.717) is 11.5 Å². The number of anilines is 2. The number of hydrazone groups is 1. The fourth-order valence-corrected chi connectivity index (χ4v) is 5.80. The van der Waals surface area contributed by atoms with Gasteiger partial charge < -0.3 is 14.6 Å². The summed E-state index contributed by atoms with van der Waals surface area (Å²) in [7, 11) is 0. The van der Waals surface area contributed by atoms with Crippen molar-refractivity contribution in [2.75, 3.05) is 9.91 Å². The molecule has 1 aliphatic heterocycles. The van der Waals surface area contributed by atoms with Crippen molar-refractivity contribution in [3.05, 3.63) is 188 Å². The minimum absolute atomic E-state index is 0. The maximum Gasteiger partial charge on any atom is 0.129 e. The Balaban J connectivity index is 0.00000364. The molecule has 2 heterocycles. The van der Waals surface area contributed by atoms with Gasteiger partial charge in [-0.1, -0.05) is 109 Å². The summed E-state index contributed by atoms with van der Waals surface area (Å²) >= 11 is 0. The molecule has 1 atom stereocenters. The number of hydrogen-bond donors (Lipinski definition) is 0. The molecule has 2 aliphatic rings. The van der Waals surface area contributed by atoms with Gasteiger partial charge in [0.1, 0.15) is 5.84 Å². The first-order valence-electron chi connectivity index (χ1n) is 15.6. The van der Waals surface area contributed by atoms with Crippen molar-refractivity contribution in [1.82, 2.24) is 9.78 Å². The van der Waals surface area contributed by atoms with E-state index in [9.17, 15) is 0 Å². The van der Waals surface area contributed by atoms with Crippen molar-refractivity contribution < 1.29 is 25.8 Å². The molecule has 0 bridgehead atoms. The van der Waals surface area contributed by atoms with E-state index >= 15 is 0 Å². The fourth-order valence-electron chi connectivity index (χ4n) is 5.80. The van der Waals surface area contributed by atoms with E-state index in [1.54, 1.807) is 0 Å². The van der Waals surface area contributed by atoms with E-state index in [4.69, 9.17) is 14.9 Å². The van der Waals surface area contributed by atoms with Crippen LogP contribution in [0.1, 0.15) is 23.6 Å². The van der Waals surface area contributed by atoms with Crippen LogP contribution in [0.3, 0.4) is 0 Å². The van der Waals surface area contributed by atoms with Crippen LogP contribution in [0, 0.1) is 18.8 Å². The molecule has 1 aliphatic carbocycles. The molecule has 0 amide bonds. The third-order valence-corrected chi connectivity index (χ3v) is 8.10. The molecule has 6 aromatic rings. The molecule has 1 aromatic heterocycles. The van der Waals surface area contributed by atoms with Gasteiger partial charge in [-0.3, -0.25) is 4.68 Å². The molecule has 0 saturated heterocycles.